The van der Waals surface area contributed by atoms with Gasteiger partial charge in [-0.15, -0.1) is 23.1 Å². The molecule has 4 rings (SSSR count). The summed E-state index contributed by atoms with van der Waals surface area (Å²) in [6, 6.07) is 12.3. The van der Waals surface area contributed by atoms with E-state index in [1.54, 1.807) is 31.2 Å². The van der Waals surface area contributed by atoms with E-state index >= 15 is 0 Å². The highest BCUT2D eigenvalue weighted by atomic mass is 32.2. The second-order valence-corrected chi connectivity index (χ2v) is 11.4. The van der Waals surface area contributed by atoms with Gasteiger partial charge >= 0.3 is 5.97 Å². The molecule has 3 aromatic rings. The van der Waals surface area contributed by atoms with Gasteiger partial charge in [0.15, 0.2) is 11.5 Å². The van der Waals surface area contributed by atoms with E-state index in [-0.39, 0.29) is 30.1 Å². The number of thioether (sulfide) groups is 1. The highest BCUT2D eigenvalue weighted by Gasteiger charge is 2.26. The Labute approximate surface area is 242 Å². The number of methoxy groups -OCH3 is 2. The fraction of sp³-hybridized carbons (Fsp3) is 0.367. The molecule has 2 amide bonds. The molecule has 1 aliphatic rings. The van der Waals surface area contributed by atoms with Crippen LogP contribution in [0.5, 0.6) is 11.5 Å². The third-order valence-electron chi connectivity index (χ3n) is 6.51. The molecule has 10 heteroatoms. The minimum Gasteiger partial charge on any atom is -0.493 e. The molecule has 0 saturated heterocycles. The lowest BCUT2D eigenvalue weighted by Crippen LogP contribution is -2.17. The third kappa shape index (κ3) is 7.37. The largest absolute Gasteiger partial charge is 0.493 e. The summed E-state index contributed by atoms with van der Waals surface area (Å²) in [5.74, 6) is 0.289. The van der Waals surface area contributed by atoms with Gasteiger partial charge < -0.3 is 24.8 Å². The Morgan fingerprint density at radius 1 is 0.925 bits per heavy atom. The molecule has 0 atom stereocenters. The maximum absolute atomic E-state index is 13.0. The number of amides is 2. The maximum Gasteiger partial charge on any atom is 0.341 e. The second-order valence-electron chi connectivity index (χ2n) is 9.23. The lowest BCUT2D eigenvalue weighted by molar-refractivity contribution is -0.113. The summed E-state index contributed by atoms with van der Waals surface area (Å²) in [4.78, 5) is 40.6. The molecule has 0 bridgehead atoms. The molecule has 0 unspecified atom stereocenters. The van der Waals surface area contributed by atoms with Crippen molar-refractivity contribution in [3.8, 4) is 11.5 Å². The van der Waals surface area contributed by atoms with Crippen molar-refractivity contribution in [2.75, 3.05) is 37.2 Å². The molecule has 2 N–H and O–H groups in total. The number of ether oxygens (including phenoxy) is 3. The van der Waals surface area contributed by atoms with Crippen LogP contribution in [0.15, 0.2) is 47.4 Å². The van der Waals surface area contributed by atoms with Crippen LogP contribution in [0.1, 0.15) is 63.8 Å². The molecule has 0 spiro atoms. The smallest absolute Gasteiger partial charge is 0.341 e. The Balaban J connectivity index is 1.41. The Hall–Kier alpha value is -3.50. The number of carbonyl (C=O) groups excluding carboxylic acids is 3. The van der Waals surface area contributed by atoms with Crippen molar-refractivity contribution < 1.29 is 28.6 Å². The SMILES string of the molecule is CCOC(=O)c1c(NC(=O)CSc2cccc(NC(=O)c3ccc(OC)c(OC)c3)c2)sc2c1CCCCCC2. The lowest BCUT2D eigenvalue weighted by Gasteiger charge is -2.11. The fourth-order valence-electron chi connectivity index (χ4n) is 4.58. The highest BCUT2D eigenvalue weighted by molar-refractivity contribution is 8.00. The summed E-state index contributed by atoms with van der Waals surface area (Å²) >= 11 is 2.84. The quantitative estimate of drug-likeness (QED) is 0.205. The van der Waals surface area contributed by atoms with Crippen LogP contribution in [0.4, 0.5) is 10.7 Å². The van der Waals surface area contributed by atoms with Gasteiger partial charge in [0.2, 0.25) is 5.91 Å². The van der Waals surface area contributed by atoms with E-state index in [1.165, 1.54) is 48.6 Å². The normalized spacial score (nSPS) is 12.9. The molecule has 1 aromatic heterocycles. The zero-order valence-corrected chi connectivity index (χ0v) is 24.6. The van der Waals surface area contributed by atoms with Gasteiger partial charge in [-0.1, -0.05) is 18.9 Å². The van der Waals surface area contributed by atoms with Gasteiger partial charge in [0.25, 0.3) is 5.91 Å². The number of benzene rings is 2. The average Bonchev–Trinajstić information content (AvgIpc) is 3.27. The van der Waals surface area contributed by atoms with Crippen molar-refractivity contribution in [2.45, 2.75) is 50.3 Å². The molecule has 8 nitrogen and oxygen atoms in total. The Bertz CT molecular complexity index is 1370. The maximum atomic E-state index is 13.0. The molecular weight excluding hydrogens is 548 g/mol. The zero-order chi connectivity index (χ0) is 28.5. The van der Waals surface area contributed by atoms with Gasteiger partial charge in [0, 0.05) is 21.0 Å². The Morgan fingerprint density at radius 2 is 1.70 bits per heavy atom. The predicted octanol–water partition coefficient (Wildman–Crippen LogP) is 6.58. The monoisotopic (exact) mass is 582 g/mol. The van der Waals surface area contributed by atoms with Crippen molar-refractivity contribution in [3.05, 3.63) is 64.0 Å². The van der Waals surface area contributed by atoms with E-state index in [0.29, 0.717) is 33.3 Å². The van der Waals surface area contributed by atoms with E-state index in [2.05, 4.69) is 10.6 Å². The Morgan fingerprint density at radius 3 is 2.45 bits per heavy atom. The van der Waals surface area contributed by atoms with Crippen LogP contribution >= 0.6 is 23.1 Å². The van der Waals surface area contributed by atoms with Crippen molar-refractivity contribution in [1.29, 1.82) is 0 Å². The van der Waals surface area contributed by atoms with Gasteiger partial charge in [0.05, 0.1) is 32.1 Å². The summed E-state index contributed by atoms with van der Waals surface area (Å²) in [5.41, 5.74) is 2.58. The molecular formula is C30H34N2O6S2. The average molecular weight is 583 g/mol. The number of esters is 1. The molecule has 0 radical (unpaired) electrons. The molecule has 40 heavy (non-hydrogen) atoms. The van der Waals surface area contributed by atoms with Gasteiger partial charge in [0.1, 0.15) is 5.00 Å². The van der Waals surface area contributed by atoms with E-state index in [9.17, 15) is 14.4 Å². The number of thiophene rings is 1. The first-order valence-electron chi connectivity index (χ1n) is 13.3. The first kappa shape index (κ1) is 29.5. The number of nitrogens with one attached hydrogen (secondary N) is 2. The summed E-state index contributed by atoms with van der Waals surface area (Å²) in [5, 5.41) is 6.43. The van der Waals surface area contributed by atoms with Crippen LogP contribution in [-0.4, -0.2) is 44.4 Å². The number of aryl methyl sites for hydroxylation is 1. The first-order chi connectivity index (χ1) is 19.4. The van der Waals surface area contributed by atoms with Gasteiger partial charge in [-0.3, -0.25) is 9.59 Å². The Kier molecular flexibility index (Phi) is 10.5. The van der Waals surface area contributed by atoms with Gasteiger partial charge in [-0.2, -0.15) is 0 Å². The van der Waals surface area contributed by atoms with Crippen LogP contribution in [0.25, 0.3) is 0 Å². The van der Waals surface area contributed by atoms with E-state index in [1.807, 2.05) is 18.2 Å². The predicted molar refractivity (Wildman–Crippen MR) is 159 cm³/mol. The van der Waals surface area contributed by atoms with Crippen LogP contribution in [0.2, 0.25) is 0 Å². The molecule has 212 valence electrons. The standard InChI is InChI=1S/C30H34N2O6S2/c1-4-38-30(35)27-22-12-7-5-6-8-13-25(22)40-29(27)32-26(33)18-39-21-11-9-10-20(17-21)31-28(34)19-14-15-23(36-2)24(16-19)37-3/h9-11,14-17H,4-8,12-13,18H2,1-3H3,(H,31,34)(H,32,33). The number of rotatable bonds is 10. The molecule has 2 aromatic carbocycles. The number of hydrogen-bond donors (Lipinski definition) is 2. The topological polar surface area (TPSA) is 103 Å². The first-order valence-corrected chi connectivity index (χ1v) is 15.1. The summed E-state index contributed by atoms with van der Waals surface area (Å²) < 4.78 is 15.9. The van der Waals surface area contributed by atoms with E-state index < -0.39 is 0 Å². The minimum absolute atomic E-state index is 0.151. The number of anilines is 2. The van der Waals surface area contributed by atoms with Gasteiger partial charge in [-0.25, -0.2) is 4.79 Å². The third-order valence-corrected chi connectivity index (χ3v) is 8.71. The minimum atomic E-state index is -0.374. The van der Waals surface area contributed by atoms with E-state index in [4.69, 9.17) is 14.2 Å². The van der Waals surface area contributed by atoms with Crippen LogP contribution in [0, 0.1) is 0 Å². The number of fused-ring (bicyclic) bond motifs is 1. The summed E-state index contributed by atoms with van der Waals surface area (Å²) in [6.45, 7) is 2.07. The van der Waals surface area contributed by atoms with Crippen molar-refractivity contribution in [3.63, 3.8) is 0 Å². The zero-order valence-electron chi connectivity index (χ0n) is 23.0. The lowest BCUT2D eigenvalue weighted by atomic mass is 9.96. The highest BCUT2D eigenvalue weighted by Crippen LogP contribution is 2.38. The summed E-state index contributed by atoms with van der Waals surface area (Å²) in [6.07, 6.45) is 6.17. The van der Waals surface area contributed by atoms with Crippen LogP contribution in [-0.2, 0) is 22.4 Å². The molecule has 1 heterocycles. The number of hydrogen-bond acceptors (Lipinski definition) is 8. The molecule has 0 fully saturated rings. The number of carbonyl (C=O) groups is 3. The summed E-state index contributed by atoms with van der Waals surface area (Å²) in [7, 11) is 3.06. The van der Waals surface area contributed by atoms with E-state index in [0.717, 1.165) is 42.6 Å². The van der Waals surface area contributed by atoms with Crippen molar-refractivity contribution in [1.82, 2.24) is 0 Å². The van der Waals surface area contributed by atoms with Crippen LogP contribution in [0.3, 0.4) is 0 Å². The van der Waals surface area contributed by atoms with Crippen molar-refractivity contribution >= 4 is 51.6 Å². The van der Waals surface area contributed by atoms with Crippen molar-refractivity contribution in [2.24, 2.45) is 0 Å². The van der Waals surface area contributed by atoms with Gasteiger partial charge in [-0.05, 0) is 74.6 Å². The second kappa shape index (κ2) is 14.2. The molecule has 0 saturated carbocycles. The molecule has 0 aliphatic heterocycles. The molecule has 1 aliphatic carbocycles. The fourth-order valence-corrected chi connectivity index (χ4v) is 6.63. The van der Waals surface area contributed by atoms with Crippen LogP contribution < -0.4 is 20.1 Å².